The van der Waals surface area contributed by atoms with Crippen molar-refractivity contribution in [2.75, 3.05) is 0 Å². The Morgan fingerprint density at radius 1 is 1.38 bits per heavy atom. The monoisotopic (exact) mass is 295 g/mol. The molecule has 2 rings (SSSR count). The van der Waals surface area contributed by atoms with Crippen LogP contribution in [0.4, 0.5) is 0 Å². The Morgan fingerprint density at radius 2 is 2.05 bits per heavy atom. The minimum absolute atomic E-state index is 0.00543. The highest BCUT2D eigenvalue weighted by Gasteiger charge is 2.35. The van der Waals surface area contributed by atoms with Gasteiger partial charge < -0.3 is 9.84 Å². The molecule has 7 heteroatoms. The summed E-state index contributed by atoms with van der Waals surface area (Å²) in [5, 5.41) is 15.2. The van der Waals surface area contributed by atoms with Crippen molar-refractivity contribution in [2.24, 2.45) is 5.41 Å². The number of aromatic nitrogens is 1. The Morgan fingerprint density at radius 3 is 2.67 bits per heavy atom. The van der Waals surface area contributed by atoms with Gasteiger partial charge in [-0.25, -0.2) is 5.48 Å². The van der Waals surface area contributed by atoms with Gasteiger partial charge in [0.1, 0.15) is 5.69 Å². The molecule has 1 saturated carbocycles. The summed E-state index contributed by atoms with van der Waals surface area (Å²) in [6, 6.07) is 1.04. The van der Waals surface area contributed by atoms with Crippen LogP contribution in [0, 0.1) is 5.41 Å². The Hall–Kier alpha value is -1.89. The highest BCUT2D eigenvalue weighted by molar-refractivity contribution is 5.90. The van der Waals surface area contributed by atoms with E-state index in [9.17, 15) is 9.59 Å². The van der Waals surface area contributed by atoms with E-state index in [-0.39, 0.29) is 23.1 Å². The van der Waals surface area contributed by atoms with E-state index >= 15 is 0 Å². The molecule has 0 aromatic carbocycles. The van der Waals surface area contributed by atoms with Gasteiger partial charge in [0.25, 0.3) is 0 Å². The maximum Gasteiger partial charge on any atom is 0.313 e. The Bertz CT molecular complexity index is 520. The third kappa shape index (κ3) is 3.41. The van der Waals surface area contributed by atoms with Crippen LogP contribution in [0.5, 0.6) is 0 Å². The number of nitrogens with zero attached hydrogens (tertiary/aromatic N) is 1. The second kappa shape index (κ2) is 6.26. The zero-order valence-corrected chi connectivity index (χ0v) is 12.3. The minimum Gasteiger partial charge on any atom is -0.351 e. The van der Waals surface area contributed by atoms with E-state index in [4.69, 9.17) is 9.73 Å². The average molecular weight is 295 g/mol. The van der Waals surface area contributed by atoms with E-state index < -0.39 is 5.91 Å². The Kier molecular flexibility index (Phi) is 4.62. The van der Waals surface area contributed by atoms with Crippen LogP contribution in [0.2, 0.25) is 0 Å². The summed E-state index contributed by atoms with van der Waals surface area (Å²) in [7, 11) is 0. The van der Waals surface area contributed by atoms with E-state index in [2.05, 4.69) is 10.5 Å². The fourth-order valence-electron chi connectivity index (χ4n) is 2.66. The standard InChI is InChI=1S/C14H21N3O4/c1-9(10-8-11(21-17-10)12(18)16-20)15-13(19)14(2)6-4-3-5-7-14/h8-9,20H,3-7H2,1-2H3,(H,15,19)(H,16,18)/t9-/m1/s1. The highest BCUT2D eigenvalue weighted by Crippen LogP contribution is 2.36. The third-order valence-electron chi connectivity index (χ3n) is 4.15. The number of hydrogen-bond donors (Lipinski definition) is 3. The molecular formula is C14H21N3O4. The van der Waals surface area contributed by atoms with Gasteiger partial charge in [-0.15, -0.1) is 0 Å². The maximum absolute atomic E-state index is 12.4. The molecule has 21 heavy (non-hydrogen) atoms. The molecule has 0 radical (unpaired) electrons. The molecule has 1 aliphatic carbocycles. The van der Waals surface area contributed by atoms with Crippen molar-refractivity contribution in [1.82, 2.24) is 16.0 Å². The molecule has 0 saturated heterocycles. The first-order valence-corrected chi connectivity index (χ1v) is 7.18. The maximum atomic E-state index is 12.4. The number of hydrogen-bond acceptors (Lipinski definition) is 5. The topological polar surface area (TPSA) is 104 Å². The lowest BCUT2D eigenvalue weighted by atomic mass is 9.75. The Balaban J connectivity index is 2.00. The van der Waals surface area contributed by atoms with Crippen molar-refractivity contribution in [3.63, 3.8) is 0 Å². The number of carbonyl (C=O) groups is 2. The van der Waals surface area contributed by atoms with Gasteiger partial charge in [0, 0.05) is 11.5 Å². The second-order valence-corrected chi connectivity index (χ2v) is 5.87. The van der Waals surface area contributed by atoms with Crippen molar-refractivity contribution < 1.29 is 19.3 Å². The fourth-order valence-corrected chi connectivity index (χ4v) is 2.66. The molecule has 1 heterocycles. The van der Waals surface area contributed by atoms with Gasteiger partial charge in [0.2, 0.25) is 11.7 Å². The predicted octanol–water partition coefficient (Wildman–Crippen LogP) is 1.94. The van der Waals surface area contributed by atoms with Gasteiger partial charge in [-0.2, -0.15) is 0 Å². The molecule has 0 bridgehead atoms. The van der Waals surface area contributed by atoms with E-state index in [1.807, 2.05) is 6.92 Å². The quantitative estimate of drug-likeness (QED) is 0.581. The van der Waals surface area contributed by atoms with Crippen molar-refractivity contribution in [2.45, 2.75) is 52.0 Å². The summed E-state index contributed by atoms with van der Waals surface area (Å²) in [5.41, 5.74) is 1.59. The zero-order valence-electron chi connectivity index (χ0n) is 12.3. The van der Waals surface area contributed by atoms with E-state index in [0.717, 1.165) is 25.7 Å². The number of carbonyl (C=O) groups excluding carboxylic acids is 2. The van der Waals surface area contributed by atoms with Gasteiger partial charge in [-0.1, -0.05) is 31.3 Å². The lowest BCUT2D eigenvalue weighted by Gasteiger charge is -2.32. The molecule has 1 aliphatic rings. The van der Waals surface area contributed by atoms with Crippen LogP contribution in [0.3, 0.4) is 0 Å². The van der Waals surface area contributed by atoms with E-state index in [1.54, 1.807) is 6.92 Å². The number of hydroxylamine groups is 1. The fraction of sp³-hybridized carbons (Fsp3) is 0.643. The molecule has 1 fully saturated rings. The molecule has 2 amide bonds. The van der Waals surface area contributed by atoms with Gasteiger partial charge in [0.15, 0.2) is 0 Å². The number of amides is 2. The summed E-state index contributed by atoms with van der Waals surface area (Å²) >= 11 is 0. The number of nitrogens with one attached hydrogen (secondary N) is 2. The summed E-state index contributed by atoms with van der Waals surface area (Å²) < 4.78 is 4.82. The molecule has 116 valence electrons. The van der Waals surface area contributed by atoms with Crippen LogP contribution in [-0.4, -0.2) is 22.2 Å². The largest absolute Gasteiger partial charge is 0.351 e. The van der Waals surface area contributed by atoms with E-state index in [1.165, 1.54) is 18.0 Å². The van der Waals surface area contributed by atoms with Gasteiger partial charge in [0.05, 0.1) is 6.04 Å². The van der Waals surface area contributed by atoms with E-state index in [0.29, 0.717) is 5.69 Å². The summed E-state index contributed by atoms with van der Waals surface area (Å²) in [6.45, 7) is 3.77. The Labute approximate surface area is 123 Å². The zero-order chi connectivity index (χ0) is 15.5. The number of rotatable bonds is 4. The summed E-state index contributed by atoms with van der Waals surface area (Å²) in [6.07, 6.45) is 5.11. The van der Waals surface area contributed by atoms with Crippen molar-refractivity contribution >= 4 is 11.8 Å². The molecule has 0 aliphatic heterocycles. The van der Waals surface area contributed by atoms with Crippen LogP contribution < -0.4 is 10.8 Å². The molecule has 0 unspecified atom stereocenters. The van der Waals surface area contributed by atoms with Crippen LogP contribution in [-0.2, 0) is 4.79 Å². The van der Waals surface area contributed by atoms with Crippen LogP contribution in [0.1, 0.15) is 68.2 Å². The lowest BCUT2D eigenvalue weighted by Crippen LogP contribution is -2.41. The van der Waals surface area contributed by atoms with Gasteiger partial charge >= 0.3 is 5.91 Å². The molecular weight excluding hydrogens is 274 g/mol. The summed E-state index contributed by atoms with van der Waals surface area (Å²) in [5.74, 6) is -0.866. The smallest absolute Gasteiger partial charge is 0.313 e. The molecule has 1 aromatic heterocycles. The normalized spacial score (nSPS) is 18.8. The third-order valence-corrected chi connectivity index (χ3v) is 4.15. The van der Waals surface area contributed by atoms with Gasteiger partial charge in [-0.05, 0) is 19.8 Å². The van der Waals surface area contributed by atoms with Crippen molar-refractivity contribution in [3.8, 4) is 0 Å². The van der Waals surface area contributed by atoms with Crippen molar-refractivity contribution in [3.05, 3.63) is 17.5 Å². The van der Waals surface area contributed by atoms with Crippen LogP contribution in [0.25, 0.3) is 0 Å². The summed E-state index contributed by atoms with van der Waals surface area (Å²) in [4.78, 5) is 23.6. The second-order valence-electron chi connectivity index (χ2n) is 5.87. The SMILES string of the molecule is C[C@@H](NC(=O)C1(C)CCCCC1)c1cc(C(=O)NO)on1. The molecule has 3 N–H and O–H groups in total. The molecule has 1 atom stereocenters. The van der Waals surface area contributed by atoms with Crippen molar-refractivity contribution in [1.29, 1.82) is 0 Å². The molecule has 0 spiro atoms. The predicted molar refractivity (Wildman–Crippen MR) is 73.5 cm³/mol. The minimum atomic E-state index is -0.772. The molecule has 1 aromatic rings. The first-order chi connectivity index (χ1) is 9.96. The van der Waals surface area contributed by atoms with Crippen LogP contribution >= 0.6 is 0 Å². The first-order valence-electron chi connectivity index (χ1n) is 7.18. The molecule has 7 nitrogen and oxygen atoms in total. The van der Waals surface area contributed by atoms with Gasteiger partial charge in [-0.3, -0.25) is 14.8 Å². The lowest BCUT2D eigenvalue weighted by molar-refractivity contribution is -0.132. The highest BCUT2D eigenvalue weighted by atomic mass is 16.5. The average Bonchev–Trinajstić information content (AvgIpc) is 2.97. The first kappa shape index (κ1) is 15.5. The van der Waals surface area contributed by atoms with Crippen LogP contribution in [0.15, 0.2) is 10.6 Å².